The molecule has 1 aliphatic rings. The molecule has 0 radical (unpaired) electrons. The summed E-state index contributed by atoms with van der Waals surface area (Å²) in [6.45, 7) is 5.13. The number of amides is 2. The third kappa shape index (κ3) is 3.97. The van der Waals surface area contributed by atoms with Crippen molar-refractivity contribution in [1.29, 1.82) is 0 Å². The number of rotatable bonds is 4. The van der Waals surface area contributed by atoms with Gasteiger partial charge in [-0.25, -0.2) is 4.79 Å². The number of aromatic nitrogens is 2. The Morgan fingerprint density at radius 3 is 2.78 bits per heavy atom. The average molecular weight is 388 g/mol. The van der Waals surface area contributed by atoms with Crippen molar-refractivity contribution in [1.82, 2.24) is 9.78 Å². The SMILES string of the molecule is Cc1nn(C)c(C)c1NC(=O)[C@@H](C)OC(=O)c1ccc2c(c1)NC(=O)CS2. The summed E-state index contributed by atoms with van der Waals surface area (Å²) in [5.41, 5.74) is 2.94. The maximum atomic E-state index is 12.4. The van der Waals surface area contributed by atoms with Gasteiger partial charge in [-0.3, -0.25) is 14.3 Å². The van der Waals surface area contributed by atoms with Crippen molar-refractivity contribution in [2.75, 3.05) is 16.4 Å². The van der Waals surface area contributed by atoms with Crippen LogP contribution >= 0.6 is 11.8 Å². The highest BCUT2D eigenvalue weighted by Gasteiger charge is 2.23. The van der Waals surface area contributed by atoms with Crippen LogP contribution in [0.2, 0.25) is 0 Å². The van der Waals surface area contributed by atoms with Crippen molar-refractivity contribution in [2.45, 2.75) is 31.8 Å². The lowest BCUT2D eigenvalue weighted by atomic mass is 10.2. The molecule has 3 rings (SSSR count). The van der Waals surface area contributed by atoms with Crippen LogP contribution in [0.3, 0.4) is 0 Å². The van der Waals surface area contributed by atoms with E-state index in [2.05, 4.69) is 15.7 Å². The molecule has 0 saturated heterocycles. The monoisotopic (exact) mass is 388 g/mol. The molecule has 0 fully saturated rings. The molecule has 2 aromatic rings. The van der Waals surface area contributed by atoms with Gasteiger partial charge >= 0.3 is 5.97 Å². The van der Waals surface area contributed by atoms with E-state index in [9.17, 15) is 14.4 Å². The minimum absolute atomic E-state index is 0.118. The van der Waals surface area contributed by atoms with Gasteiger partial charge in [-0.2, -0.15) is 5.10 Å². The highest BCUT2D eigenvalue weighted by molar-refractivity contribution is 8.00. The van der Waals surface area contributed by atoms with E-state index < -0.39 is 18.0 Å². The fourth-order valence-electron chi connectivity index (χ4n) is 2.67. The zero-order chi connectivity index (χ0) is 19.7. The quantitative estimate of drug-likeness (QED) is 0.779. The minimum atomic E-state index is -0.989. The molecular weight excluding hydrogens is 368 g/mol. The standard InChI is InChI=1S/C18H20N4O4S/c1-9-16(10(2)22(4)21-9)20-17(24)11(3)26-18(25)12-5-6-14-13(7-12)19-15(23)8-27-14/h5-7,11H,8H2,1-4H3,(H,19,23)(H,20,24)/t11-/m1/s1. The smallest absolute Gasteiger partial charge is 0.338 e. The Hall–Kier alpha value is -2.81. The number of carbonyl (C=O) groups is 3. The second-order valence-corrected chi connectivity index (χ2v) is 7.27. The lowest BCUT2D eigenvalue weighted by Gasteiger charge is -2.18. The topological polar surface area (TPSA) is 102 Å². The summed E-state index contributed by atoms with van der Waals surface area (Å²) >= 11 is 1.41. The molecule has 2 heterocycles. The van der Waals surface area contributed by atoms with Crippen molar-refractivity contribution in [3.63, 3.8) is 0 Å². The third-order valence-electron chi connectivity index (χ3n) is 4.26. The van der Waals surface area contributed by atoms with Gasteiger partial charge in [0.1, 0.15) is 0 Å². The molecule has 2 amide bonds. The number of anilines is 2. The Labute approximate surface area is 160 Å². The van der Waals surface area contributed by atoms with Gasteiger partial charge in [0.05, 0.1) is 34.1 Å². The zero-order valence-corrected chi connectivity index (χ0v) is 16.3. The van der Waals surface area contributed by atoms with Crippen LogP contribution in [0, 0.1) is 13.8 Å². The number of aryl methyl sites for hydroxylation is 2. The van der Waals surface area contributed by atoms with E-state index in [1.807, 2.05) is 6.92 Å². The van der Waals surface area contributed by atoms with Gasteiger partial charge in [0.15, 0.2) is 6.10 Å². The van der Waals surface area contributed by atoms with Crippen molar-refractivity contribution < 1.29 is 19.1 Å². The molecule has 0 spiro atoms. The van der Waals surface area contributed by atoms with Crippen LogP contribution in [0.4, 0.5) is 11.4 Å². The van der Waals surface area contributed by atoms with E-state index in [-0.39, 0.29) is 11.5 Å². The molecule has 1 aromatic heterocycles. The van der Waals surface area contributed by atoms with Crippen LogP contribution in [-0.2, 0) is 21.4 Å². The molecule has 1 atom stereocenters. The van der Waals surface area contributed by atoms with E-state index >= 15 is 0 Å². The number of hydrogen-bond donors (Lipinski definition) is 2. The molecule has 9 heteroatoms. The van der Waals surface area contributed by atoms with E-state index in [1.54, 1.807) is 36.9 Å². The molecule has 8 nitrogen and oxygen atoms in total. The third-order valence-corrected chi connectivity index (χ3v) is 5.33. The van der Waals surface area contributed by atoms with E-state index in [4.69, 9.17) is 4.74 Å². The predicted molar refractivity (Wildman–Crippen MR) is 102 cm³/mol. The zero-order valence-electron chi connectivity index (χ0n) is 15.5. The number of fused-ring (bicyclic) bond motifs is 1. The summed E-state index contributed by atoms with van der Waals surface area (Å²) < 4.78 is 6.94. The normalized spacial score (nSPS) is 14.1. The largest absolute Gasteiger partial charge is 0.449 e. The fraction of sp³-hybridized carbons (Fsp3) is 0.333. The Morgan fingerprint density at radius 1 is 1.37 bits per heavy atom. The first-order valence-electron chi connectivity index (χ1n) is 8.35. The Kier molecular flexibility index (Phi) is 5.22. The number of thioether (sulfide) groups is 1. The number of hydrogen-bond acceptors (Lipinski definition) is 6. The first kappa shape index (κ1) is 19.0. The maximum Gasteiger partial charge on any atom is 0.338 e. The molecule has 1 aliphatic heterocycles. The molecule has 2 N–H and O–H groups in total. The van der Waals surface area contributed by atoms with Gasteiger partial charge in [0.2, 0.25) is 5.91 Å². The summed E-state index contributed by atoms with van der Waals surface area (Å²) in [7, 11) is 1.79. The second kappa shape index (κ2) is 7.43. The number of carbonyl (C=O) groups excluding carboxylic acids is 3. The van der Waals surface area contributed by atoms with E-state index in [1.165, 1.54) is 18.7 Å². The highest BCUT2D eigenvalue weighted by Crippen LogP contribution is 2.32. The number of nitrogens with zero attached hydrogens (tertiary/aromatic N) is 2. The minimum Gasteiger partial charge on any atom is -0.449 e. The summed E-state index contributed by atoms with van der Waals surface area (Å²) in [6, 6.07) is 4.93. The first-order valence-corrected chi connectivity index (χ1v) is 9.33. The molecule has 0 aliphatic carbocycles. The maximum absolute atomic E-state index is 12.4. The van der Waals surface area contributed by atoms with Crippen LogP contribution in [0.1, 0.15) is 28.7 Å². The second-order valence-electron chi connectivity index (χ2n) is 6.25. The van der Waals surface area contributed by atoms with Crippen LogP contribution in [0.25, 0.3) is 0 Å². The van der Waals surface area contributed by atoms with Crippen molar-refractivity contribution in [2.24, 2.45) is 7.05 Å². The van der Waals surface area contributed by atoms with Crippen molar-refractivity contribution >= 4 is 40.9 Å². The number of ether oxygens (including phenoxy) is 1. The summed E-state index contributed by atoms with van der Waals surface area (Å²) in [5, 5.41) is 9.71. The predicted octanol–water partition coefficient (Wildman–Crippen LogP) is 2.27. The Morgan fingerprint density at radius 2 is 2.11 bits per heavy atom. The molecular formula is C18H20N4O4S. The molecule has 1 aromatic carbocycles. The Bertz CT molecular complexity index is 938. The molecule has 0 saturated carbocycles. The number of benzene rings is 1. The molecule has 27 heavy (non-hydrogen) atoms. The first-order chi connectivity index (χ1) is 12.8. The van der Waals surface area contributed by atoms with Gasteiger partial charge in [0.25, 0.3) is 5.91 Å². The lowest BCUT2D eigenvalue weighted by molar-refractivity contribution is -0.123. The summed E-state index contributed by atoms with van der Waals surface area (Å²) in [4.78, 5) is 37.1. The van der Waals surface area contributed by atoms with E-state index in [0.717, 1.165) is 10.6 Å². The van der Waals surface area contributed by atoms with Crippen LogP contribution in [-0.4, -0.2) is 39.4 Å². The number of esters is 1. The molecule has 0 unspecified atom stereocenters. The fourth-order valence-corrected chi connectivity index (χ4v) is 3.46. The van der Waals surface area contributed by atoms with Crippen LogP contribution < -0.4 is 10.6 Å². The van der Waals surface area contributed by atoms with Gasteiger partial charge in [-0.15, -0.1) is 11.8 Å². The molecule has 142 valence electrons. The Balaban J connectivity index is 1.67. The lowest BCUT2D eigenvalue weighted by Crippen LogP contribution is -2.30. The van der Waals surface area contributed by atoms with Gasteiger partial charge in [-0.05, 0) is 39.0 Å². The van der Waals surface area contributed by atoms with Crippen LogP contribution in [0.5, 0.6) is 0 Å². The van der Waals surface area contributed by atoms with Gasteiger partial charge < -0.3 is 15.4 Å². The molecule has 0 bridgehead atoms. The average Bonchev–Trinajstić information content (AvgIpc) is 2.86. The summed E-state index contributed by atoms with van der Waals surface area (Å²) in [5.74, 6) is -0.844. The van der Waals surface area contributed by atoms with E-state index in [0.29, 0.717) is 22.8 Å². The highest BCUT2D eigenvalue weighted by atomic mass is 32.2. The summed E-state index contributed by atoms with van der Waals surface area (Å²) in [6.07, 6.45) is -0.989. The van der Waals surface area contributed by atoms with Crippen molar-refractivity contribution in [3.8, 4) is 0 Å². The van der Waals surface area contributed by atoms with Crippen LogP contribution in [0.15, 0.2) is 23.1 Å². The van der Waals surface area contributed by atoms with Gasteiger partial charge in [0, 0.05) is 11.9 Å². The van der Waals surface area contributed by atoms with Gasteiger partial charge in [-0.1, -0.05) is 0 Å². The van der Waals surface area contributed by atoms with Crippen molar-refractivity contribution in [3.05, 3.63) is 35.2 Å². The number of nitrogens with one attached hydrogen (secondary N) is 2.